The quantitative estimate of drug-likeness (QED) is 0.719. The molecule has 1 rings (SSSR count). The van der Waals surface area contributed by atoms with E-state index in [-0.39, 0.29) is 24.6 Å². The van der Waals surface area contributed by atoms with Gasteiger partial charge < -0.3 is 4.74 Å². The number of esters is 1. The van der Waals surface area contributed by atoms with Gasteiger partial charge in [0.2, 0.25) is 10.0 Å². The van der Waals surface area contributed by atoms with Gasteiger partial charge in [-0.25, -0.2) is 8.42 Å². The first-order valence-electron chi connectivity index (χ1n) is 6.56. The topological polar surface area (TPSA) is 63.7 Å². The summed E-state index contributed by atoms with van der Waals surface area (Å²) in [5.41, 5.74) is 0.821. The molecular formula is C14H20ClNO4S. The molecule has 0 radical (unpaired) electrons. The number of halogens is 1. The van der Waals surface area contributed by atoms with Crippen molar-refractivity contribution in [3.63, 3.8) is 0 Å². The minimum atomic E-state index is -3.44. The Bertz CT molecular complexity index is 588. The van der Waals surface area contributed by atoms with E-state index in [9.17, 15) is 13.2 Å². The molecule has 0 aliphatic carbocycles. The van der Waals surface area contributed by atoms with E-state index in [0.29, 0.717) is 5.02 Å². The number of ether oxygens (including phenoxy) is 1. The Kier molecular flexibility index (Phi) is 6.64. The molecule has 0 fully saturated rings. The third-order valence-electron chi connectivity index (χ3n) is 3.33. The molecule has 0 spiro atoms. The van der Waals surface area contributed by atoms with Crippen LogP contribution in [0.5, 0.6) is 0 Å². The predicted octanol–water partition coefficient (Wildman–Crippen LogP) is 2.62. The Balaban J connectivity index is 2.71. The van der Waals surface area contributed by atoms with Gasteiger partial charge in [0.15, 0.2) is 0 Å². The fourth-order valence-corrected chi connectivity index (χ4v) is 3.46. The highest BCUT2D eigenvalue weighted by Crippen LogP contribution is 2.24. The second kappa shape index (κ2) is 7.77. The summed E-state index contributed by atoms with van der Waals surface area (Å²) < 4.78 is 30.3. The molecule has 1 atom stereocenters. The van der Waals surface area contributed by atoms with Crippen LogP contribution in [0, 0.1) is 0 Å². The van der Waals surface area contributed by atoms with Crippen molar-refractivity contribution in [3.05, 3.63) is 34.9 Å². The number of nitrogens with zero attached hydrogens (tertiary/aromatic N) is 1. The summed E-state index contributed by atoms with van der Waals surface area (Å²) in [6, 6.07) is 6.77. The molecule has 118 valence electrons. The summed E-state index contributed by atoms with van der Waals surface area (Å²) in [7, 11) is -0.633. The lowest BCUT2D eigenvalue weighted by molar-refractivity contribution is -0.140. The van der Waals surface area contributed by atoms with Crippen LogP contribution in [-0.4, -0.2) is 38.6 Å². The molecule has 0 bridgehead atoms. The van der Waals surface area contributed by atoms with Gasteiger partial charge in [0.1, 0.15) is 0 Å². The van der Waals surface area contributed by atoms with Crippen molar-refractivity contribution in [2.24, 2.45) is 0 Å². The Hall–Kier alpha value is -1.11. The summed E-state index contributed by atoms with van der Waals surface area (Å²) in [5, 5.41) is 0.566. The van der Waals surface area contributed by atoms with Gasteiger partial charge in [0, 0.05) is 24.5 Å². The first-order valence-corrected chi connectivity index (χ1v) is 8.54. The number of hydrogen-bond donors (Lipinski definition) is 0. The normalized spacial score (nSPS) is 13.2. The molecule has 0 aliphatic heterocycles. The van der Waals surface area contributed by atoms with Crippen molar-refractivity contribution in [2.75, 3.05) is 19.9 Å². The molecule has 21 heavy (non-hydrogen) atoms. The highest BCUT2D eigenvalue weighted by atomic mass is 35.5. The molecule has 0 saturated carbocycles. The zero-order valence-electron chi connectivity index (χ0n) is 12.4. The molecule has 1 aromatic rings. The van der Waals surface area contributed by atoms with Gasteiger partial charge >= 0.3 is 5.97 Å². The maximum Gasteiger partial charge on any atom is 0.305 e. The number of hydrogen-bond acceptors (Lipinski definition) is 4. The summed E-state index contributed by atoms with van der Waals surface area (Å²) >= 11 is 5.92. The smallest absolute Gasteiger partial charge is 0.305 e. The maximum absolute atomic E-state index is 12.2. The van der Waals surface area contributed by atoms with E-state index in [0.717, 1.165) is 5.56 Å². The van der Waals surface area contributed by atoms with Crippen LogP contribution in [0.3, 0.4) is 0 Å². The van der Waals surface area contributed by atoms with E-state index in [1.165, 1.54) is 18.5 Å². The number of carbonyl (C=O) groups is 1. The zero-order chi connectivity index (χ0) is 16.0. The molecule has 5 nitrogen and oxygen atoms in total. The van der Waals surface area contributed by atoms with Crippen molar-refractivity contribution >= 4 is 27.6 Å². The van der Waals surface area contributed by atoms with Crippen LogP contribution in [0.2, 0.25) is 5.02 Å². The summed E-state index contributed by atoms with van der Waals surface area (Å²) in [4.78, 5) is 11.0. The molecule has 0 aromatic heterocycles. The third-order valence-corrected chi connectivity index (χ3v) is 5.56. The zero-order valence-corrected chi connectivity index (χ0v) is 13.9. The molecule has 0 saturated heterocycles. The Morgan fingerprint density at radius 2 is 2.10 bits per heavy atom. The molecule has 0 N–H and O–H groups in total. The fraction of sp³-hybridized carbons (Fsp3) is 0.500. The number of carbonyl (C=O) groups excluding carboxylic acids is 1. The number of benzene rings is 1. The second-order valence-electron chi connectivity index (χ2n) is 4.74. The fourth-order valence-electron chi connectivity index (χ4n) is 1.86. The van der Waals surface area contributed by atoms with E-state index >= 15 is 0 Å². The van der Waals surface area contributed by atoms with Gasteiger partial charge in [-0.15, -0.1) is 0 Å². The molecule has 7 heteroatoms. The Labute approximate surface area is 130 Å². The van der Waals surface area contributed by atoms with E-state index in [1.807, 2.05) is 6.07 Å². The lowest BCUT2D eigenvalue weighted by Gasteiger charge is -2.24. The minimum Gasteiger partial charge on any atom is -0.469 e. The largest absolute Gasteiger partial charge is 0.469 e. The van der Waals surface area contributed by atoms with Crippen LogP contribution in [0.4, 0.5) is 0 Å². The first-order chi connectivity index (χ1) is 9.77. The monoisotopic (exact) mass is 333 g/mol. The van der Waals surface area contributed by atoms with Crippen molar-refractivity contribution in [1.29, 1.82) is 0 Å². The molecular weight excluding hydrogens is 314 g/mol. The van der Waals surface area contributed by atoms with Gasteiger partial charge in [-0.05, 0) is 31.0 Å². The van der Waals surface area contributed by atoms with Gasteiger partial charge in [-0.1, -0.05) is 23.7 Å². The van der Waals surface area contributed by atoms with Gasteiger partial charge in [-0.2, -0.15) is 4.31 Å². The van der Waals surface area contributed by atoms with Crippen LogP contribution < -0.4 is 0 Å². The predicted molar refractivity (Wildman–Crippen MR) is 82.7 cm³/mol. The average Bonchev–Trinajstić information content (AvgIpc) is 2.45. The maximum atomic E-state index is 12.2. The van der Waals surface area contributed by atoms with E-state index < -0.39 is 16.0 Å². The van der Waals surface area contributed by atoms with Crippen molar-refractivity contribution < 1.29 is 17.9 Å². The standard InChI is InChI=1S/C14H20ClNO4S/c1-11(12-6-4-7-13(15)10-12)16(2)21(18,19)9-5-8-14(17)20-3/h4,6-7,10-11H,5,8-9H2,1-3H3. The van der Waals surface area contributed by atoms with Crippen LogP contribution >= 0.6 is 11.6 Å². The Morgan fingerprint density at radius 3 is 2.67 bits per heavy atom. The SMILES string of the molecule is COC(=O)CCCS(=O)(=O)N(C)C(C)c1cccc(Cl)c1. The third kappa shape index (κ3) is 5.30. The van der Waals surface area contributed by atoms with Crippen molar-refractivity contribution in [1.82, 2.24) is 4.31 Å². The first kappa shape index (κ1) is 17.9. The van der Waals surface area contributed by atoms with Gasteiger partial charge in [0.05, 0.1) is 12.9 Å². The Morgan fingerprint density at radius 1 is 1.43 bits per heavy atom. The van der Waals surface area contributed by atoms with E-state index in [2.05, 4.69) is 4.74 Å². The average molecular weight is 334 g/mol. The molecule has 1 unspecified atom stereocenters. The molecule has 1 aromatic carbocycles. The number of sulfonamides is 1. The number of rotatable bonds is 7. The van der Waals surface area contributed by atoms with Crippen LogP contribution in [0.1, 0.15) is 31.4 Å². The van der Waals surface area contributed by atoms with Crippen LogP contribution in [-0.2, 0) is 19.6 Å². The number of methoxy groups -OCH3 is 1. The lowest BCUT2D eigenvalue weighted by Crippen LogP contribution is -2.32. The summed E-state index contributed by atoms with van der Waals surface area (Å²) in [6.07, 6.45) is 0.330. The summed E-state index contributed by atoms with van der Waals surface area (Å²) in [6.45, 7) is 1.80. The summed E-state index contributed by atoms with van der Waals surface area (Å²) in [5.74, 6) is -0.500. The highest BCUT2D eigenvalue weighted by Gasteiger charge is 2.24. The highest BCUT2D eigenvalue weighted by molar-refractivity contribution is 7.89. The van der Waals surface area contributed by atoms with Gasteiger partial charge in [0.25, 0.3) is 0 Å². The lowest BCUT2D eigenvalue weighted by atomic mass is 10.1. The van der Waals surface area contributed by atoms with E-state index in [4.69, 9.17) is 11.6 Å². The van der Waals surface area contributed by atoms with E-state index in [1.54, 1.807) is 25.1 Å². The minimum absolute atomic E-state index is 0.0924. The second-order valence-corrected chi connectivity index (χ2v) is 7.33. The molecule has 0 aliphatic rings. The van der Waals surface area contributed by atoms with Crippen molar-refractivity contribution in [3.8, 4) is 0 Å². The van der Waals surface area contributed by atoms with Gasteiger partial charge in [-0.3, -0.25) is 4.79 Å². The molecule has 0 amide bonds. The van der Waals surface area contributed by atoms with Crippen LogP contribution in [0.25, 0.3) is 0 Å². The van der Waals surface area contributed by atoms with Crippen LogP contribution in [0.15, 0.2) is 24.3 Å². The molecule has 0 heterocycles. The van der Waals surface area contributed by atoms with Crippen molar-refractivity contribution in [2.45, 2.75) is 25.8 Å².